The third-order valence-corrected chi connectivity index (χ3v) is 5.73. The molecule has 0 radical (unpaired) electrons. The summed E-state index contributed by atoms with van der Waals surface area (Å²) in [5.74, 6) is -0.613. The molecular weight excluding hydrogens is 434 g/mol. The summed E-state index contributed by atoms with van der Waals surface area (Å²) in [6.45, 7) is 1.36. The number of nitro benzene ring substituents is 1. The van der Waals surface area contributed by atoms with Crippen LogP contribution in [0.1, 0.15) is 25.3 Å². The van der Waals surface area contributed by atoms with Crippen LogP contribution in [0.4, 0.5) is 10.5 Å². The smallest absolute Gasteiger partial charge is 0.410 e. The van der Waals surface area contributed by atoms with Crippen molar-refractivity contribution in [1.82, 2.24) is 9.96 Å². The van der Waals surface area contributed by atoms with Crippen molar-refractivity contribution in [3.8, 4) is 0 Å². The van der Waals surface area contributed by atoms with Crippen LogP contribution in [0.3, 0.4) is 0 Å². The molecule has 1 aromatic rings. The van der Waals surface area contributed by atoms with Crippen LogP contribution in [-0.4, -0.2) is 72.9 Å². The van der Waals surface area contributed by atoms with E-state index in [2.05, 4.69) is 25.3 Å². The molecule has 30 heavy (non-hydrogen) atoms. The van der Waals surface area contributed by atoms with Gasteiger partial charge in [-0.05, 0) is 31.0 Å². The molecule has 2 amide bonds. The molecule has 166 valence electrons. The molecule has 4 atom stereocenters. The lowest BCUT2D eigenvalue weighted by atomic mass is 10.1. The molecule has 2 rings (SSSR count). The van der Waals surface area contributed by atoms with E-state index in [9.17, 15) is 24.9 Å². The van der Waals surface area contributed by atoms with Crippen LogP contribution >= 0.6 is 25.3 Å². The van der Waals surface area contributed by atoms with Gasteiger partial charge >= 0.3 is 6.09 Å². The predicted octanol–water partition coefficient (Wildman–Crippen LogP) is 1.89. The number of non-ortho nitro benzene ring substituents is 1. The van der Waals surface area contributed by atoms with Gasteiger partial charge in [0, 0.05) is 41.6 Å². The van der Waals surface area contributed by atoms with E-state index in [1.807, 2.05) is 0 Å². The molecule has 1 saturated heterocycles. The Labute approximate surface area is 184 Å². The molecule has 0 bridgehead atoms. The molecule has 1 aliphatic rings. The number of amides is 2. The summed E-state index contributed by atoms with van der Waals surface area (Å²) in [6, 6.07) is 4.49. The molecule has 1 heterocycles. The first kappa shape index (κ1) is 24.3. The molecule has 0 aliphatic carbocycles. The van der Waals surface area contributed by atoms with E-state index in [0.29, 0.717) is 23.6 Å². The number of hydroxylamine groups is 2. The number of hydrogen-bond acceptors (Lipinski definition) is 9. The van der Waals surface area contributed by atoms with Crippen LogP contribution in [0.2, 0.25) is 0 Å². The van der Waals surface area contributed by atoms with E-state index < -0.39 is 34.3 Å². The molecule has 10 nitrogen and oxygen atoms in total. The Bertz CT molecular complexity index is 765. The van der Waals surface area contributed by atoms with Crippen molar-refractivity contribution in [2.75, 3.05) is 13.2 Å². The van der Waals surface area contributed by atoms with Crippen LogP contribution in [0.5, 0.6) is 0 Å². The number of thiol groups is 2. The number of benzene rings is 1. The number of aliphatic hydroxyl groups is 1. The maximum Gasteiger partial charge on any atom is 0.410 e. The minimum atomic E-state index is -0.748. The number of hydrogen-bond donors (Lipinski definition) is 4. The molecule has 2 N–H and O–H groups in total. The number of carbonyl (C=O) groups excluding carboxylic acids is 2. The van der Waals surface area contributed by atoms with Gasteiger partial charge in [-0.3, -0.25) is 20.1 Å². The summed E-state index contributed by atoms with van der Waals surface area (Å²) in [5.41, 5.74) is 0.539. The van der Waals surface area contributed by atoms with Gasteiger partial charge in [0.05, 0.1) is 17.6 Å². The van der Waals surface area contributed by atoms with E-state index in [-0.39, 0.29) is 30.6 Å². The average molecular weight is 460 g/mol. The first-order chi connectivity index (χ1) is 14.1. The van der Waals surface area contributed by atoms with Crippen molar-refractivity contribution in [1.29, 1.82) is 0 Å². The molecular formula is C18H25N3O7S2. The summed E-state index contributed by atoms with van der Waals surface area (Å²) in [5, 5.41) is 29.3. The second-order valence-electron chi connectivity index (χ2n) is 7.13. The summed E-state index contributed by atoms with van der Waals surface area (Å²) < 4.78 is 5.32. The quantitative estimate of drug-likeness (QED) is 0.202. The van der Waals surface area contributed by atoms with E-state index in [0.717, 1.165) is 0 Å². The molecule has 0 aromatic heterocycles. The number of aliphatic hydroxyl groups excluding tert-OH is 1. The van der Waals surface area contributed by atoms with Crippen LogP contribution in [-0.2, 0) is 16.1 Å². The normalized spacial score (nSPS) is 20.5. The highest BCUT2D eigenvalue weighted by Crippen LogP contribution is 2.29. The van der Waals surface area contributed by atoms with Crippen LogP contribution in [0.25, 0.3) is 0 Å². The topological polar surface area (TPSA) is 133 Å². The monoisotopic (exact) mass is 459 g/mol. The molecule has 0 spiro atoms. The predicted molar refractivity (Wildman–Crippen MR) is 114 cm³/mol. The third kappa shape index (κ3) is 6.24. The molecule has 0 saturated carbocycles. The van der Waals surface area contributed by atoms with Crippen LogP contribution in [0.15, 0.2) is 24.3 Å². The SMILES string of the molecule is CC(CO)N(O)C(=O)CC(S)[C@@H]1C[C@H](S)CN1C(=O)OCc1ccc([N+](=O)[O-])cc1. The zero-order valence-electron chi connectivity index (χ0n) is 16.3. The second-order valence-corrected chi connectivity index (χ2v) is 8.52. The van der Waals surface area contributed by atoms with E-state index in [4.69, 9.17) is 9.84 Å². The number of nitro groups is 1. The van der Waals surface area contributed by atoms with Gasteiger partial charge in [0.1, 0.15) is 6.61 Å². The lowest BCUT2D eigenvalue weighted by Crippen LogP contribution is -2.44. The van der Waals surface area contributed by atoms with Crippen molar-refractivity contribution < 1.29 is 29.6 Å². The Hall–Kier alpha value is -2.02. The van der Waals surface area contributed by atoms with Gasteiger partial charge in [-0.15, -0.1) is 0 Å². The van der Waals surface area contributed by atoms with Gasteiger partial charge in [-0.2, -0.15) is 25.3 Å². The maximum absolute atomic E-state index is 12.6. The van der Waals surface area contributed by atoms with Crippen molar-refractivity contribution in [2.24, 2.45) is 0 Å². The Morgan fingerprint density at radius 3 is 2.60 bits per heavy atom. The molecule has 12 heteroatoms. The highest BCUT2D eigenvalue weighted by molar-refractivity contribution is 7.81. The van der Waals surface area contributed by atoms with Crippen molar-refractivity contribution in [3.05, 3.63) is 39.9 Å². The second kappa shape index (κ2) is 10.8. The molecule has 2 unspecified atom stereocenters. The highest BCUT2D eigenvalue weighted by atomic mass is 32.1. The zero-order valence-corrected chi connectivity index (χ0v) is 18.1. The lowest BCUT2D eigenvalue weighted by Gasteiger charge is -2.29. The number of likely N-dealkylation sites (tertiary alicyclic amines) is 1. The zero-order chi connectivity index (χ0) is 22.4. The number of rotatable bonds is 8. The minimum Gasteiger partial charge on any atom is -0.445 e. The standard InChI is InChI=1S/C18H25N3O7S2/c1-11(9-22)20(25)17(23)7-16(30)15-6-14(29)8-19(15)18(24)28-10-12-2-4-13(5-3-12)21(26)27/h2-5,11,14-16,22,25,29-30H,6-10H2,1H3/t11?,14-,15-,16?/m0/s1. The number of carbonyl (C=O) groups is 2. The van der Waals surface area contributed by atoms with Gasteiger partial charge in [-0.1, -0.05) is 0 Å². The summed E-state index contributed by atoms with van der Waals surface area (Å²) in [6.07, 6.45) is -0.245. The van der Waals surface area contributed by atoms with Gasteiger partial charge in [0.2, 0.25) is 5.91 Å². The molecule has 1 aliphatic heterocycles. The largest absolute Gasteiger partial charge is 0.445 e. The first-order valence-electron chi connectivity index (χ1n) is 9.28. The minimum absolute atomic E-state index is 0.0568. The third-order valence-electron chi connectivity index (χ3n) is 4.83. The Balaban J connectivity index is 1.96. The van der Waals surface area contributed by atoms with Gasteiger partial charge in [-0.25, -0.2) is 9.86 Å². The average Bonchev–Trinajstić information content (AvgIpc) is 3.12. The first-order valence-corrected chi connectivity index (χ1v) is 10.3. The fourth-order valence-electron chi connectivity index (χ4n) is 3.09. The fraction of sp³-hybridized carbons (Fsp3) is 0.556. The fourth-order valence-corrected chi connectivity index (χ4v) is 3.92. The van der Waals surface area contributed by atoms with Gasteiger partial charge in [0.15, 0.2) is 0 Å². The Kier molecular flexibility index (Phi) is 8.77. The van der Waals surface area contributed by atoms with E-state index >= 15 is 0 Å². The summed E-state index contributed by atoms with van der Waals surface area (Å²) >= 11 is 8.87. The van der Waals surface area contributed by atoms with E-state index in [1.165, 1.54) is 36.1 Å². The van der Waals surface area contributed by atoms with Crippen molar-refractivity contribution in [3.63, 3.8) is 0 Å². The lowest BCUT2D eigenvalue weighted by molar-refractivity contribution is -0.384. The Morgan fingerprint density at radius 1 is 1.40 bits per heavy atom. The highest BCUT2D eigenvalue weighted by Gasteiger charge is 2.39. The maximum atomic E-state index is 12.6. The van der Waals surface area contributed by atoms with Crippen molar-refractivity contribution >= 4 is 42.9 Å². The summed E-state index contributed by atoms with van der Waals surface area (Å²) in [7, 11) is 0. The molecule has 1 fully saturated rings. The van der Waals surface area contributed by atoms with Gasteiger partial charge < -0.3 is 14.7 Å². The van der Waals surface area contributed by atoms with Gasteiger partial charge in [0.25, 0.3) is 5.69 Å². The van der Waals surface area contributed by atoms with Crippen LogP contribution in [0, 0.1) is 10.1 Å². The molecule has 1 aromatic carbocycles. The van der Waals surface area contributed by atoms with Crippen LogP contribution < -0.4 is 0 Å². The van der Waals surface area contributed by atoms with Crippen molar-refractivity contribution in [2.45, 2.75) is 49.0 Å². The summed E-state index contributed by atoms with van der Waals surface area (Å²) in [4.78, 5) is 36.4. The number of nitrogens with zero attached hydrogens (tertiary/aromatic N) is 3. The van der Waals surface area contributed by atoms with E-state index in [1.54, 1.807) is 0 Å². The number of ether oxygens (including phenoxy) is 1. The Morgan fingerprint density at radius 2 is 2.03 bits per heavy atom.